The highest BCUT2D eigenvalue weighted by Gasteiger charge is 2.64. The molecule has 1 heteroatoms. The van der Waals surface area contributed by atoms with Gasteiger partial charge in [-0.2, -0.15) is 0 Å². The zero-order valence-corrected chi connectivity index (χ0v) is 7.37. The van der Waals surface area contributed by atoms with Gasteiger partial charge in [-0.15, -0.1) is 0 Å². The first-order chi connectivity index (χ1) is 5.75. The van der Waals surface area contributed by atoms with Crippen molar-refractivity contribution in [3.8, 4) is 0 Å². The quantitative estimate of drug-likeness (QED) is 0.579. The standard InChI is InChI=1S/C11H16O/c12-11-3-7-1-6-2-8(4-11)10(7)9(6)5-11/h6-10,12H,1-5H2. The predicted octanol–water partition coefficient (Wildman–Crippen LogP) is 1.80. The second kappa shape index (κ2) is 1.61. The van der Waals surface area contributed by atoms with E-state index in [0.717, 1.165) is 48.9 Å². The summed E-state index contributed by atoms with van der Waals surface area (Å²) in [5.74, 6) is 4.91. The summed E-state index contributed by atoms with van der Waals surface area (Å²) >= 11 is 0. The van der Waals surface area contributed by atoms with Crippen LogP contribution in [0.5, 0.6) is 0 Å². The molecule has 0 spiro atoms. The van der Waals surface area contributed by atoms with Crippen molar-refractivity contribution in [1.29, 1.82) is 0 Å². The predicted molar refractivity (Wildman–Crippen MR) is 45.5 cm³/mol. The van der Waals surface area contributed by atoms with Gasteiger partial charge in [0.15, 0.2) is 0 Å². The molecule has 66 valence electrons. The fraction of sp³-hybridized carbons (Fsp3) is 1.00. The van der Waals surface area contributed by atoms with Crippen molar-refractivity contribution < 1.29 is 5.11 Å². The third-order valence-electron chi connectivity index (χ3n) is 5.30. The summed E-state index contributed by atoms with van der Waals surface area (Å²) in [5.41, 5.74) is -0.194. The smallest absolute Gasteiger partial charge is 0.0656 e. The Morgan fingerprint density at radius 2 is 1.58 bits per heavy atom. The van der Waals surface area contributed by atoms with Gasteiger partial charge in [-0.1, -0.05) is 0 Å². The van der Waals surface area contributed by atoms with E-state index in [9.17, 15) is 5.11 Å². The molecule has 0 amide bonds. The van der Waals surface area contributed by atoms with E-state index in [-0.39, 0.29) is 5.60 Å². The van der Waals surface area contributed by atoms with Crippen molar-refractivity contribution in [2.24, 2.45) is 29.6 Å². The molecule has 0 aromatic heterocycles. The molecular weight excluding hydrogens is 148 g/mol. The third kappa shape index (κ3) is 0.527. The maximum Gasteiger partial charge on any atom is 0.0656 e. The van der Waals surface area contributed by atoms with Gasteiger partial charge >= 0.3 is 0 Å². The molecule has 3 atom stereocenters. The van der Waals surface area contributed by atoms with E-state index in [4.69, 9.17) is 0 Å². The molecule has 3 unspecified atom stereocenters. The van der Waals surface area contributed by atoms with E-state index < -0.39 is 0 Å². The van der Waals surface area contributed by atoms with Crippen molar-refractivity contribution >= 4 is 0 Å². The van der Waals surface area contributed by atoms with Gasteiger partial charge in [-0.05, 0) is 61.7 Å². The molecule has 5 saturated carbocycles. The maximum atomic E-state index is 10.3. The Labute approximate surface area is 73.2 Å². The van der Waals surface area contributed by atoms with Crippen LogP contribution in [-0.4, -0.2) is 10.7 Å². The topological polar surface area (TPSA) is 20.2 Å². The van der Waals surface area contributed by atoms with Crippen molar-refractivity contribution in [2.75, 3.05) is 0 Å². The summed E-state index contributed by atoms with van der Waals surface area (Å²) in [5, 5.41) is 10.3. The van der Waals surface area contributed by atoms with Crippen molar-refractivity contribution in [1.82, 2.24) is 0 Å². The fourth-order valence-corrected chi connectivity index (χ4v) is 5.34. The average molecular weight is 164 g/mol. The molecule has 0 heterocycles. The monoisotopic (exact) mass is 164 g/mol. The van der Waals surface area contributed by atoms with Gasteiger partial charge in [0.2, 0.25) is 0 Å². The minimum atomic E-state index is -0.194. The van der Waals surface area contributed by atoms with E-state index in [0.29, 0.717) is 0 Å². The highest BCUT2D eigenvalue weighted by Crippen LogP contribution is 2.69. The molecule has 5 fully saturated rings. The molecule has 0 aromatic carbocycles. The zero-order chi connectivity index (χ0) is 7.92. The lowest BCUT2D eigenvalue weighted by Gasteiger charge is -2.50. The van der Waals surface area contributed by atoms with Gasteiger partial charge in [0.1, 0.15) is 0 Å². The minimum absolute atomic E-state index is 0.194. The normalized spacial score (nSPS) is 71.2. The van der Waals surface area contributed by atoms with Gasteiger partial charge in [0.05, 0.1) is 5.60 Å². The highest BCUT2D eigenvalue weighted by atomic mass is 16.3. The van der Waals surface area contributed by atoms with E-state index in [1.165, 1.54) is 12.8 Å². The largest absolute Gasteiger partial charge is 0.390 e. The molecule has 0 aliphatic heterocycles. The summed E-state index contributed by atoms with van der Waals surface area (Å²) in [7, 11) is 0. The van der Waals surface area contributed by atoms with Crippen LogP contribution in [0.3, 0.4) is 0 Å². The number of aliphatic hydroxyl groups is 1. The summed E-state index contributed by atoms with van der Waals surface area (Å²) in [6.45, 7) is 0. The molecule has 5 aliphatic rings. The first-order valence-electron chi connectivity index (χ1n) is 5.48. The Bertz CT molecular complexity index is 231. The third-order valence-corrected chi connectivity index (χ3v) is 5.30. The Hall–Kier alpha value is -0.0400. The molecule has 12 heavy (non-hydrogen) atoms. The van der Waals surface area contributed by atoms with Gasteiger partial charge in [0, 0.05) is 0 Å². The van der Waals surface area contributed by atoms with E-state index >= 15 is 0 Å². The first kappa shape index (κ1) is 6.42. The van der Waals surface area contributed by atoms with E-state index in [2.05, 4.69) is 0 Å². The number of hydrogen-bond donors (Lipinski definition) is 1. The highest BCUT2D eigenvalue weighted by molar-refractivity contribution is 5.14. The first-order valence-corrected chi connectivity index (χ1v) is 5.48. The van der Waals surface area contributed by atoms with Crippen molar-refractivity contribution in [3.05, 3.63) is 0 Å². The van der Waals surface area contributed by atoms with Crippen LogP contribution in [0.25, 0.3) is 0 Å². The van der Waals surface area contributed by atoms with Gasteiger partial charge in [-0.3, -0.25) is 0 Å². The van der Waals surface area contributed by atoms with Crippen LogP contribution in [0.1, 0.15) is 32.1 Å². The Morgan fingerprint density at radius 3 is 2.17 bits per heavy atom. The van der Waals surface area contributed by atoms with Crippen LogP contribution in [0, 0.1) is 29.6 Å². The number of hydrogen-bond acceptors (Lipinski definition) is 1. The molecule has 5 rings (SSSR count). The average Bonchev–Trinajstić information content (AvgIpc) is 2.35. The Morgan fingerprint density at radius 1 is 0.917 bits per heavy atom. The Balaban J connectivity index is 1.89. The summed E-state index contributed by atoms with van der Waals surface area (Å²) < 4.78 is 0. The van der Waals surface area contributed by atoms with Crippen molar-refractivity contribution in [3.63, 3.8) is 0 Å². The zero-order valence-electron chi connectivity index (χ0n) is 7.37. The van der Waals surface area contributed by atoms with Gasteiger partial charge in [0.25, 0.3) is 0 Å². The maximum absolute atomic E-state index is 10.3. The molecule has 1 N–H and O–H groups in total. The van der Waals surface area contributed by atoms with Crippen LogP contribution in [0.4, 0.5) is 0 Å². The molecule has 0 aromatic rings. The SMILES string of the molecule is OC12CC3CC4CC(C1)C3C4C2. The molecular formula is C11H16O. The molecule has 1 nitrogen and oxygen atoms in total. The Kier molecular flexibility index (Phi) is 0.863. The molecule has 6 bridgehead atoms. The van der Waals surface area contributed by atoms with Gasteiger partial charge < -0.3 is 5.11 Å². The number of rotatable bonds is 0. The van der Waals surface area contributed by atoms with E-state index in [1.54, 1.807) is 0 Å². The van der Waals surface area contributed by atoms with Crippen LogP contribution in [0.2, 0.25) is 0 Å². The lowest BCUT2D eigenvalue weighted by molar-refractivity contribution is -0.108. The molecule has 5 aliphatic carbocycles. The molecule has 0 saturated heterocycles. The lowest BCUT2D eigenvalue weighted by Crippen LogP contribution is -2.49. The van der Waals surface area contributed by atoms with Crippen molar-refractivity contribution in [2.45, 2.75) is 37.7 Å². The fourth-order valence-electron chi connectivity index (χ4n) is 5.34. The van der Waals surface area contributed by atoms with Crippen LogP contribution in [0.15, 0.2) is 0 Å². The lowest BCUT2D eigenvalue weighted by atomic mass is 9.58. The summed E-state index contributed by atoms with van der Waals surface area (Å²) in [6.07, 6.45) is 6.40. The van der Waals surface area contributed by atoms with Crippen LogP contribution < -0.4 is 0 Å². The van der Waals surface area contributed by atoms with Gasteiger partial charge in [-0.25, -0.2) is 0 Å². The summed E-state index contributed by atoms with van der Waals surface area (Å²) in [4.78, 5) is 0. The van der Waals surface area contributed by atoms with E-state index in [1.807, 2.05) is 0 Å². The second-order valence-electron chi connectivity index (χ2n) is 5.83. The van der Waals surface area contributed by atoms with Crippen LogP contribution in [-0.2, 0) is 0 Å². The van der Waals surface area contributed by atoms with Crippen LogP contribution >= 0.6 is 0 Å². The summed E-state index contributed by atoms with van der Waals surface area (Å²) in [6, 6.07) is 0. The second-order valence-corrected chi connectivity index (χ2v) is 5.83. The molecule has 0 radical (unpaired) electrons. The minimum Gasteiger partial charge on any atom is -0.390 e.